The fraction of sp³-hybridized carbons (Fsp3) is 0.625. The second-order valence-electron chi connectivity index (χ2n) is 10.3. The minimum atomic E-state index is -4.80. The minimum Gasteiger partial charge on any atom is -0.379 e. The van der Waals surface area contributed by atoms with E-state index in [4.69, 9.17) is 9.37 Å². The largest absolute Gasteiger partial charge is 0.418 e. The Morgan fingerprint density at radius 2 is 1.97 bits per heavy atom. The molecular formula is C24H29F3N6O3. The molecule has 9 nitrogen and oxygen atoms in total. The fourth-order valence-electron chi connectivity index (χ4n) is 5.68. The normalized spacial score (nSPS) is 23.1. The van der Waals surface area contributed by atoms with E-state index >= 15 is 0 Å². The number of rotatable bonds is 6. The van der Waals surface area contributed by atoms with Crippen molar-refractivity contribution in [3.8, 4) is 11.3 Å². The highest BCUT2D eigenvalue weighted by Crippen LogP contribution is 2.41. The number of alkyl halides is 3. The lowest BCUT2D eigenvalue weighted by atomic mass is 9.80. The highest BCUT2D eigenvalue weighted by atomic mass is 19.4. The fourth-order valence-corrected chi connectivity index (χ4v) is 5.68. The lowest BCUT2D eigenvalue weighted by Gasteiger charge is -2.46. The summed E-state index contributed by atoms with van der Waals surface area (Å²) < 4.78 is 52.2. The van der Waals surface area contributed by atoms with E-state index in [0.717, 1.165) is 51.2 Å². The Morgan fingerprint density at radius 3 is 2.69 bits per heavy atom. The predicted molar refractivity (Wildman–Crippen MR) is 124 cm³/mol. The number of aliphatic hydroxyl groups is 1. The molecule has 3 aromatic rings. The van der Waals surface area contributed by atoms with E-state index in [0.29, 0.717) is 34.5 Å². The van der Waals surface area contributed by atoms with E-state index < -0.39 is 12.3 Å². The van der Waals surface area contributed by atoms with Crippen LogP contribution in [0, 0.1) is 11.8 Å². The molecule has 0 radical (unpaired) electrons. The first-order chi connectivity index (χ1) is 17.3. The summed E-state index contributed by atoms with van der Waals surface area (Å²) in [6.45, 7) is 5.31. The topological polar surface area (TPSA) is 92.7 Å². The van der Waals surface area contributed by atoms with Crippen LogP contribution in [0.2, 0.25) is 0 Å². The van der Waals surface area contributed by atoms with Crippen molar-refractivity contribution in [3.05, 3.63) is 23.9 Å². The maximum Gasteiger partial charge on any atom is 0.418 e. The van der Waals surface area contributed by atoms with Gasteiger partial charge in [0.2, 0.25) is 0 Å². The van der Waals surface area contributed by atoms with Gasteiger partial charge in [-0.25, -0.2) is 4.63 Å². The van der Waals surface area contributed by atoms with E-state index in [2.05, 4.69) is 25.2 Å². The Balaban J connectivity index is 1.21. The molecule has 3 aliphatic rings. The van der Waals surface area contributed by atoms with Gasteiger partial charge in [0.1, 0.15) is 5.52 Å². The summed E-state index contributed by atoms with van der Waals surface area (Å²) in [5, 5.41) is 21.9. The molecule has 2 atom stereocenters. The van der Waals surface area contributed by atoms with Crippen molar-refractivity contribution in [2.75, 3.05) is 44.2 Å². The number of benzene rings is 1. The summed E-state index contributed by atoms with van der Waals surface area (Å²) in [5.41, 5.74) is 2.10. The molecule has 2 saturated heterocycles. The SMILES string of the molecule is Cn1ncc(C(O)C(F)(F)F)c1-c1cc(N2CC(CN3CCOC(C4CCC4)C3)C2)c2nonc2c1. The van der Waals surface area contributed by atoms with Crippen LogP contribution in [0.1, 0.15) is 30.9 Å². The molecule has 3 fully saturated rings. The predicted octanol–water partition coefficient (Wildman–Crippen LogP) is 3.16. The van der Waals surface area contributed by atoms with Gasteiger partial charge in [-0.3, -0.25) is 9.58 Å². The average Bonchev–Trinajstić information content (AvgIpc) is 3.39. The molecule has 4 heterocycles. The Bertz CT molecular complexity index is 1230. The molecule has 12 heteroatoms. The van der Waals surface area contributed by atoms with E-state index in [-0.39, 0.29) is 11.3 Å². The highest BCUT2D eigenvalue weighted by Gasteiger charge is 2.42. The lowest BCUT2D eigenvalue weighted by molar-refractivity contribution is -0.206. The Hall–Kier alpha value is -2.70. The van der Waals surface area contributed by atoms with E-state index in [1.807, 2.05) is 0 Å². The number of aromatic nitrogens is 4. The number of aliphatic hydroxyl groups excluding tert-OH is 1. The number of hydrogen-bond acceptors (Lipinski definition) is 8. The summed E-state index contributed by atoms with van der Waals surface area (Å²) in [4.78, 5) is 4.65. The average molecular weight is 507 g/mol. The van der Waals surface area contributed by atoms with Crippen molar-refractivity contribution in [2.24, 2.45) is 18.9 Å². The molecule has 1 aliphatic carbocycles. The van der Waals surface area contributed by atoms with Crippen molar-refractivity contribution in [3.63, 3.8) is 0 Å². The summed E-state index contributed by atoms with van der Waals surface area (Å²) in [6.07, 6.45) is -2.19. The molecule has 0 spiro atoms. The monoisotopic (exact) mass is 506 g/mol. The number of halogens is 3. The van der Waals surface area contributed by atoms with Crippen molar-refractivity contribution in [2.45, 2.75) is 37.6 Å². The number of fused-ring (bicyclic) bond motifs is 1. The zero-order valence-electron chi connectivity index (χ0n) is 20.0. The van der Waals surface area contributed by atoms with Gasteiger partial charge in [0.05, 0.1) is 30.3 Å². The number of anilines is 1. The maximum atomic E-state index is 13.3. The van der Waals surface area contributed by atoms with Gasteiger partial charge in [-0.2, -0.15) is 18.3 Å². The number of ether oxygens (including phenoxy) is 1. The van der Waals surface area contributed by atoms with Crippen LogP contribution in [-0.2, 0) is 11.8 Å². The maximum absolute atomic E-state index is 13.3. The first-order valence-electron chi connectivity index (χ1n) is 12.4. The molecule has 2 aliphatic heterocycles. The van der Waals surface area contributed by atoms with Crippen LogP contribution in [0.15, 0.2) is 23.0 Å². The van der Waals surface area contributed by atoms with Gasteiger partial charge in [-0.1, -0.05) is 6.42 Å². The van der Waals surface area contributed by atoms with Crippen LogP contribution in [0.3, 0.4) is 0 Å². The third-order valence-corrected chi connectivity index (χ3v) is 7.85. The first-order valence-corrected chi connectivity index (χ1v) is 12.4. The molecule has 2 aromatic heterocycles. The third kappa shape index (κ3) is 4.24. The van der Waals surface area contributed by atoms with E-state index in [1.54, 1.807) is 19.2 Å². The number of aryl methyl sites for hydroxylation is 1. The van der Waals surface area contributed by atoms with Crippen LogP contribution in [-0.4, -0.2) is 81.7 Å². The van der Waals surface area contributed by atoms with Crippen LogP contribution in [0.5, 0.6) is 0 Å². The summed E-state index contributed by atoms with van der Waals surface area (Å²) in [5.74, 6) is 1.18. The van der Waals surface area contributed by atoms with Gasteiger partial charge in [0.25, 0.3) is 0 Å². The highest BCUT2D eigenvalue weighted by molar-refractivity contribution is 5.93. The van der Waals surface area contributed by atoms with Crippen molar-refractivity contribution < 1.29 is 27.6 Å². The van der Waals surface area contributed by atoms with Crippen molar-refractivity contribution >= 4 is 16.7 Å². The summed E-state index contributed by atoms with van der Waals surface area (Å²) in [7, 11) is 1.55. The molecule has 2 unspecified atom stereocenters. The standard InChI is InChI=1S/C24H29F3N6O3/c1-31-22(17(9-28-31)23(34)24(25,26)27)16-7-18-21(30-36-29-18)19(8-16)33-11-14(12-33)10-32-5-6-35-20(13-32)15-3-2-4-15/h7-9,14-15,20,23,34H,2-6,10-13H2,1H3. The Kier molecular flexibility index (Phi) is 5.92. The Morgan fingerprint density at radius 1 is 1.17 bits per heavy atom. The number of hydrogen-bond donors (Lipinski definition) is 1. The van der Waals surface area contributed by atoms with Crippen molar-refractivity contribution in [1.82, 2.24) is 25.0 Å². The molecule has 0 amide bonds. The first kappa shape index (κ1) is 23.7. The van der Waals surface area contributed by atoms with Gasteiger partial charge in [-0.15, -0.1) is 0 Å². The smallest absolute Gasteiger partial charge is 0.379 e. The molecular weight excluding hydrogens is 477 g/mol. The number of morpholine rings is 1. The van der Waals surface area contributed by atoms with Gasteiger partial charge in [-0.05, 0) is 41.2 Å². The van der Waals surface area contributed by atoms with Gasteiger partial charge < -0.3 is 14.7 Å². The van der Waals surface area contributed by atoms with Crippen LogP contribution >= 0.6 is 0 Å². The summed E-state index contributed by atoms with van der Waals surface area (Å²) >= 11 is 0. The van der Waals surface area contributed by atoms with E-state index in [1.165, 1.54) is 23.9 Å². The molecule has 1 saturated carbocycles. The number of nitrogens with zero attached hydrogens (tertiary/aromatic N) is 6. The molecule has 194 valence electrons. The molecule has 0 bridgehead atoms. The van der Waals surface area contributed by atoms with Gasteiger partial charge >= 0.3 is 6.18 Å². The molecule has 1 aromatic carbocycles. The summed E-state index contributed by atoms with van der Waals surface area (Å²) in [6, 6.07) is 3.40. The minimum absolute atomic E-state index is 0.179. The molecule has 6 rings (SSSR count). The van der Waals surface area contributed by atoms with Gasteiger partial charge in [0, 0.05) is 56.8 Å². The zero-order valence-corrected chi connectivity index (χ0v) is 20.0. The van der Waals surface area contributed by atoms with Crippen LogP contribution in [0.4, 0.5) is 18.9 Å². The van der Waals surface area contributed by atoms with E-state index in [9.17, 15) is 18.3 Å². The second kappa shape index (κ2) is 9.00. The van der Waals surface area contributed by atoms with Crippen LogP contribution in [0.25, 0.3) is 22.3 Å². The van der Waals surface area contributed by atoms with Crippen LogP contribution < -0.4 is 4.90 Å². The second-order valence-corrected chi connectivity index (χ2v) is 10.3. The molecule has 36 heavy (non-hydrogen) atoms. The van der Waals surface area contributed by atoms with Crippen molar-refractivity contribution in [1.29, 1.82) is 0 Å². The molecule has 1 N–H and O–H groups in total. The van der Waals surface area contributed by atoms with Gasteiger partial charge in [0.15, 0.2) is 11.6 Å². The Labute approximate surface area is 205 Å². The quantitative estimate of drug-likeness (QED) is 0.545. The third-order valence-electron chi connectivity index (χ3n) is 7.85. The zero-order chi connectivity index (χ0) is 25.0. The lowest BCUT2D eigenvalue weighted by Crippen LogP contribution is -2.55.